The third-order valence-electron chi connectivity index (χ3n) is 8.60. The molecule has 2 fully saturated rings. The number of aromatic nitrogens is 2. The van der Waals surface area contributed by atoms with E-state index in [9.17, 15) is 26.4 Å². The molecule has 0 atom stereocenters. The standard InChI is InChI=1S/C18H24N4O4S2.C15H18N4O4S2/c1-18(2,3)13-4-6-14(7-5-13)28(25,26)22-10-8-21(9-11-22)17-19-12-15(27-17)16(23)20-24;20-14(17-21)13-10-16-15(24-13)18-6-8-19(9-7-18)25(22,23)11-12-4-2-1-3-5-12/h4-7,12,24H,8-11H2,1-3H3,(H,20,23);1-5,10,21H,6-9,11H2,(H,17,20). The van der Waals surface area contributed by atoms with Gasteiger partial charge in [0.25, 0.3) is 11.8 Å². The van der Waals surface area contributed by atoms with Crippen LogP contribution in [0, 0.1) is 0 Å². The topological polar surface area (TPSA) is 206 Å². The van der Waals surface area contributed by atoms with Gasteiger partial charge in [-0.2, -0.15) is 8.61 Å². The number of sulfonamides is 2. The lowest BCUT2D eigenvalue weighted by molar-refractivity contribution is 0.0706. The molecule has 4 aromatic rings. The maximum Gasteiger partial charge on any atom is 0.286 e. The van der Waals surface area contributed by atoms with E-state index in [-0.39, 0.29) is 11.2 Å². The fraction of sp³-hybridized carbons (Fsp3) is 0.394. The molecule has 2 aromatic carbocycles. The molecule has 4 N–H and O–H groups in total. The zero-order chi connectivity index (χ0) is 38.4. The van der Waals surface area contributed by atoms with Gasteiger partial charge in [0.15, 0.2) is 10.3 Å². The summed E-state index contributed by atoms with van der Waals surface area (Å²) in [5.41, 5.74) is 4.97. The van der Waals surface area contributed by atoms with Crippen molar-refractivity contribution in [1.29, 1.82) is 0 Å². The van der Waals surface area contributed by atoms with Gasteiger partial charge in [-0.05, 0) is 28.7 Å². The molecule has 2 aromatic heterocycles. The Labute approximate surface area is 316 Å². The van der Waals surface area contributed by atoms with Crippen LogP contribution in [0.15, 0.2) is 71.9 Å². The van der Waals surface area contributed by atoms with E-state index < -0.39 is 31.9 Å². The smallest absolute Gasteiger partial charge is 0.286 e. The minimum Gasteiger partial charge on any atom is -0.345 e. The highest BCUT2D eigenvalue weighted by molar-refractivity contribution is 7.89. The molecule has 2 saturated heterocycles. The van der Waals surface area contributed by atoms with Crippen LogP contribution in [0.5, 0.6) is 0 Å². The summed E-state index contributed by atoms with van der Waals surface area (Å²) >= 11 is 2.31. The van der Waals surface area contributed by atoms with E-state index in [1.807, 2.05) is 40.1 Å². The summed E-state index contributed by atoms with van der Waals surface area (Å²) in [6.07, 6.45) is 2.79. The predicted molar refractivity (Wildman–Crippen MR) is 202 cm³/mol. The highest BCUT2D eigenvalue weighted by Crippen LogP contribution is 2.28. The minimum atomic E-state index is -3.55. The van der Waals surface area contributed by atoms with Crippen LogP contribution in [0.25, 0.3) is 0 Å². The van der Waals surface area contributed by atoms with Crippen molar-refractivity contribution in [1.82, 2.24) is 29.5 Å². The number of benzene rings is 2. The van der Waals surface area contributed by atoms with Crippen molar-refractivity contribution in [2.24, 2.45) is 0 Å². The van der Waals surface area contributed by atoms with E-state index in [0.717, 1.165) is 33.8 Å². The Morgan fingerprint density at radius 1 is 0.698 bits per heavy atom. The first-order valence-corrected chi connectivity index (χ1v) is 21.2. The lowest BCUT2D eigenvalue weighted by Crippen LogP contribution is -2.49. The number of hydroxylamine groups is 2. The van der Waals surface area contributed by atoms with E-state index >= 15 is 0 Å². The molecule has 4 heterocycles. The van der Waals surface area contributed by atoms with Crippen molar-refractivity contribution < 1.29 is 36.8 Å². The average molecular weight is 807 g/mol. The Balaban J connectivity index is 0.000000206. The van der Waals surface area contributed by atoms with Crippen LogP contribution < -0.4 is 20.8 Å². The summed E-state index contributed by atoms with van der Waals surface area (Å²) in [5, 5.41) is 18.6. The molecule has 0 unspecified atom stereocenters. The van der Waals surface area contributed by atoms with Crippen molar-refractivity contribution in [2.45, 2.75) is 36.8 Å². The molecule has 53 heavy (non-hydrogen) atoms. The van der Waals surface area contributed by atoms with Gasteiger partial charge in [0.2, 0.25) is 20.0 Å². The van der Waals surface area contributed by atoms with Crippen molar-refractivity contribution in [2.75, 3.05) is 62.2 Å². The Kier molecular flexibility index (Phi) is 12.9. The van der Waals surface area contributed by atoms with Gasteiger partial charge >= 0.3 is 0 Å². The van der Waals surface area contributed by atoms with Gasteiger partial charge in [-0.3, -0.25) is 20.0 Å². The number of anilines is 2. The summed E-state index contributed by atoms with van der Waals surface area (Å²) in [7, 11) is -6.91. The molecule has 20 heteroatoms. The lowest BCUT2D eigenvalue weighted by Gasteiger charge is -2.33. The molecular weight excluding hydrogens is 765 g/mol. The normalized spacial score (nSPS) is 16.1. The van der Waals surface area contributed by atoms with Crippen molar-refractivity contribution >= 4 is 64.8 Å². The number of carbonyl (C=O) groups excluding carboxylic acids is 2. The number of thiazole rings is 2. The highest BCUT2D eigenvalue weighted by atomic mass is 32.2. The summed E-state index contributed by atoms with van der Waals surface area (Å²) in [4.78, 5) is 35.9. The number of hydrogen-bond donors (Lipinski definition) is 4. The first-order valence-electron chi connectivity index (χ1n) is 16.6. The maximum atomic E-state index is 12.9. The van der Waals surface area contributed by atoms with Gasteiger partial charge in [0.1, 0.15) is 9.75 Å². The quantitative estimate of drug-likeness (QED) is 0.142. The Bertz CT molecular complexity index is 2070. The predicted octanol–water partition coefficient (Wildman–Crippen LogP) is 2.98. The van der Waals surface area contributed by atoms with Crippen molar-refractivity contribution in [3.63, 3.8) is 0 Å². The van der Waals surface area contributed by atoms with E-state index in [0.29, 0.717) is 77.3 Å². The van der Waals surface area contributed by atoms with Crippen LogP contribution in [-0.2, 0) is 31.2 Å². The Morgan fingerprint density at radius 2 is 1.15 bits per heavy atom. The molecule has 0 spiro atoms. The van der Waals surface area contributed by atoms with Gasteiger partial charge in [0.05, 0.1) is 23.0 Å². The summed E-state index contributed by atoms with van der Waals surface area (Å²) in [6.45, 7) is 9.64. The number of nitrogens with zero attached hydrogens (tertiary/aromatic N) is 6. The van der Waals surface area contributed by atoms with Crippen LogP contribution in [0.4, 0.5) is 10.3 Å². The number of carbonyl (C=O) groups is 2. The summed E-state index contributed by atoms with van der Waals surface area (Å²) in [6, 6.07) is 16.2. The van der Waals surface area contributed by atoms with Gasteiger partial charge < -0.3 is 9.80 Å². The molecule has 2 aliphatic heterocycles. The van der Waals surface area contributed by atoms with E-state index in [1.165, 1.54) is 21.0 Å². The molecule has 0 radical (unpaired) electrons. The molecule has 0 bridgehead atoms. The SMILES string of the molecule is CC(C)(C)c1ccc(S(=O)(=O)N2CCN(c3ncc(C(=O)NO)s3)CC2)cc1.O=C(NO)c1cnc(N2CCN(S(=O)(=O)Cc3ccccc3)CC2)s1. The van der Waals surface area contributed by atoms with Crippen molar-refractivity contribution in [3.05, 3.63) is 87.9 Å². The van der Waals surface area contributed by atoms with Crippen LogP contribution in [-0.4, -0.2) is 110 Å². The molecular formula is C33H42N8O8S4. The number of hydrogen-bond acceptors (Lipinski definition) is 14. The van der Waals surface area contributed by atoms with Crippen LogP contribution in [0.3, 0.4) is 0 Å². The fourth-order valence-corrected chi connectivity index (χ4v) is 10.2. The third-order valence-corrected chi connectivity index (χ3v) is 14.5. The maximum absolute atomic E-state index is 12.9. The van der Waals surface area contributed by atoms with E-state index in [4.69, 9.17) is 10.4 Å². The summed E-state index contributed by atoms with van der Waals surface area (Å²) in [5.74, 6) is -1.22. The number of rotatable bonds is 9. The minimum absolute atomic E-state index is 0.00802. The summed E-state index contributed by atoms with van der Waals surface area (Å²) < 4.78 is 53.9. The molecule has 0 saturated carbocycles. The monoisotopic (exact) mass is 806 g/mol. The van der Waals surface area contributed by atoms with E-state index in [1.54, 1.807) is 35.2 Å². The van der Waals surface area contributed by atoms with Gasteiger partial charge in [-0.1, -0.05) is 85.9 Å². The average Bonchev–Trinajstić information content (AvgIpc) is 3.86. The number of nitrogens with one attached hydrogen (secondary N) is 2. The second kappa shape index (κ2) is 17.0. The third kappa shape index (κ3) is 9.95. The second-order valence-electron chi connectivity index (χ2n) is 13.2. The van der Waals surface area contributed by atoms with Gasteiger partial charge in [-0.25, -0.2) is 37.8 Å². The second-order valence-corrected chi connectivity index (χ2v) is 19.1. The molecule has 0 aliphatic carbocycles. The molecule has 6 rings (SSSR count). The number of piperazine rings is 2. The lowest BCUT2D eigenvalue weighted by atomic mass is 9.87. The molecule has 2 amide bonds. The fourth-order valence-electron chi connectivity index (χ4n) is 5.57. The van der Waals surface area contributed by atoms with Crippen LogP contribution in [0.1, 0.15) is 51.2 Å². The van der Waals surface area contributed by atoms with Gasteiger partial charge in [-0.15, -0.1) is 0 Å². The molecule has 2 aliphatic rings. The zero-order valence-corrected chi connectivity index (χ0v) is 32.6. The van der Waals surface area contributed by atoms with Crippen LogP contribution in [0.2, 0.25) is 0 Å². The molecule has 16 nitrogen and oxygen atoms in total. The first kappa shape index (κ1) is 40.2. The zero-order valence-electron chi connectivity index (χ0n) is 29.4. The Hall–Kier alpha value is -4.02. The number of amides is 2. The van der Waals surface area contributed by atoms with Crippen molar-refractivity contribution in [3.8, 4) is 0 Å². The Morgan fingerprint density at radius 3 is 1.58 bits per heavy atom. The van der Waals surface area contributed by atoms with E-state index in [2.05, 4.69) is 30.7 Å². The largest absolute Gasteiger partial charge is 0.345 e. The first-order chi connectivity index (χ1) is 25.1. The van der Waals surface area contributed by atoms with Crippen LogP contribution >= 0.6 is 22.7 Å². The molecule has 286 valence electrons. The highest BCUT2D eigenvalue weighted by Gasteiger charge is 2.31. The van der Waals surface area contributed by atoms with Gasteiger partial charge in [0, 0.05) is 52.4 Å².